The summed E-state index contributed by atoms with van der Waals surface area (Å²) in [5.41, 5.74) is 3.04. The minimum atomic E-state index is -0.247. The van der Waals surface area contributed by atoms with E-state index in [4.69, 9.17) is 0 Å². The molecule has 2 N–H and O–H groups in total. The van der Waals surface area contributed by atoms with E-state index in [1.165, 1.54) is 5.56 Å². The third kappa shape index (κ3) is 5.00. The van der Waals surface area contributed by atoms with Gasteiger partial charge in [0, 0.05) is 24.4 Å². The molecule has 0 radical (unpaired) electrons. The standard InChI is InChI=1S/C21H28N6O/c1-4-19(5-2)27-20(11-16(3)25-27)24-21(28)22-12-18-13-23-26(15-18)14-17-9-7-6-8-10-17/h6-11,13,15,19H,4-5,12,14H2,1-3H3,(H2,22,24,28). The second-order valence-corrected chi connectivity index (χ2v) is 6.93. The lowest BCUT2D eigenvalue weighted by atomic mass is 10.2. The topological polar surface area (TPSA) is 76.8 Å². The molecule has 2 aromatic heterocycles. The largest absolute Gasteiger partial charge is 0.334 e. The lowest BCUT2D eigenvalue weighted by Crippen LogP contribution is -2.29. The van der Waals surface area contributed by atoms with E-state index in [0.717, 1.165) is 29.9 Å². The molecule has 0 aliphatic rings. The lowest BCUT2D eigenvalue weighted by molar-refractivity contribution is 0.251. The Labute approximate surface area is 165 Å². The van der Waals surface area contributed by atoms with Gasteiger partial charge in [0.05, 0.1) is 24.5 Å². The molecule has 0 bridgehead atoms. The number of hydrogen-bond acceptors (Lipinski definition) is 3. The molecular formula is C21H28N6O. The Morgan fingerprint density at radius 1 is 1.14 bits per heavy atom. The van der Waals surface area contributed by atoms with Crippen LogP contribution >= 0.6 is 0 Å². The van der Waals surface area contributed by atoms with Gasteiger partial charge in [0.2, 0.25) is 0 Å². The second kappa shape index (κ2) is 9.21. The van der Waals surface area contributed by atoms with Crippen LogP contribution in [0.2, 0.25) is 0 Å². The third-order valence-corrected chi connectivity index (χ3v) is 4.72. The summed E-state index contributed by atoms with van der Waals surface area (Å²) in [7, 11) is 0. The van der Waals surface area contributed by atoms with E-state index in [-0.39, 0.29) is 12.1 Å². The van der Waals surface area contributed by atoms with E-state index in [1.54, 1.807) is 6.20 Å². The molecule has 0 spiro atoms. The number of urea groups is 1. The van der Waals surface area contributed by atoms with Gasteiger partial charge >= 0.3 is 6.03 Å². The van der Waals surface area contributed by atoms with Crippen molar-refractivity contribution in [2.45, 2.75) is 52.7 Å². The Morgan fingerprint density at radius 3 is 2.61 bits per heavy atom. The fraction of sp³-hybridized carbons (Fsp3) is 0.381. The van der Waals surface area contributed by atoms with E-state index in [1.807, 2.05) is 46.7 Å². The van der Waals surface area contributed by atoms with Gasteiger partial charge in [-0.25, -0.2) is 9.48 Å². The average molecular weight is 380 g/mol. The first kappa shape index (κ1) is 19.7. The predicted molar refractivity (Wildman–Crippen MR) is 110 cm³/mol. The maximum Gasteiger partial charge on any atom is 0.320 e. The van der Waals surface area contributed by atoms with Crippen LogP contribution in [0.1, 0.15) is 49.6 Å². The maximum absolute atomic E-state index is 12.4. The summed E-state index contributed by atoms with van der Waals surface area (Å²) < 4.78 is 3.78. The predicted octanol–water partition coefficient (Wildman–Crippen LogP) is 4.12. The zero-order chi connectivity index (χ0) is 19.9. The number of carbonyl (C=O) groups excluding carboxylic acids is 1. The van der Waals surface area contributed by atoms with Crippen LogP contribution in [0.5, 0.6) is 0 Å². The van der Waals surface area contributed by atoms with Crippen molar-refractivity contribution in [2.24, 2.45) is 0 Å². The van der Waals surface area contributed by atoms with Crippen molar-refractivity contribution < 1.29 is 4.79 Å². The highest BCUT2D eigenvalue weighted by molar-refractivity contribution is 5.88. The molecule has 0 aliphatic carbocycles. The molecule has 3 aromatic rings. The molecule has 0 unspecified atom stereocenters. The number of amides is 2. The molecule has 1 aromatic carbocycles. The Balaban J connectivity index is 1.55. The van der Waals surface area contributed by atoms with Crippen molar-refractivity contribution in [1.29, 1.82) is 0 Å². The molecule has 0 atom stereocenters. The Morgan fingerprint density at radius 2 is 1.89 bits per heavy atom. The molecule has 0 fully saturated rings. The van der Waals surface area contributed by atoms with Crippen LogP contribution in [0.15, 0.2) is 48.8 Å². The minimum absolute atomic E-state index is 0.247. The molecule has 28 heavy (non-hydrogen) atoms. The summed E-state index contributed by atoms with van der Waals surface area (Å²) in [6, 6.07) is 12.1. The SMILES string of the molecule is CCC(CC)n1nc(C)cc1NC(=O)NCc1cnn(Cc2ccccc2)c1. The van der Waals surface area contributed by atoms with Gasteiger partial charge in [-0.2, -0.15) is 10.2 Å². The third-order valence-electron chi connectivity index (χ3n) is 4.72. The highest BCUT2D eigenvalue weighted by atomic mass is 16.2. The van der Waals surface area contributed by atoms with Gasteiger partial charge in [0.1, 0.15) is 5.82 Å². The maximum atomic E-state index is 12.4. The molecule has 2 amide bonds. The molecule has 0 aliphatic heterocycles. The number of hydrogen-bond donors (Lipinski definition) is 2. The molecule has 148 valence electrons. The average Bonchev–Trinajstić information content (AvgIpc) is 3.28. The quantitative estimate of drug-likeness (QED) is 0.617. The van der Waals surface area contributed by atoms with Gasteiger partial charge in [-0.15, -0.1) is 0 Å². The normalized spacial score (nSPS) is 11.0. The number of aryl methyl sites for hydroxylation is 1. The van der Waals surface area contributed by atoms with Crippen LogP contribution in [-0.4, -0.2) is 25.6 Å². The fourth-order valence-electron chi connectivity index (χ4n) is 3.22. The highest BCUT2D eigenvalue weighted by Crippen LogP contribution is 2.21. The van der Waals surface area contributed by atoms with Crippen molar-refractivity contribution in [2.75, 3.05) is 5.32 Å². The van der Waals surface area contributed by atoms with Gasteiger partial charge in [-0.1, -0.05) is 44.2 Å². The van der Waals surface area contributed by atoms with E-state index in [0.29, 0.717) is 13.1 Å². The number of aromatic nitrogens is 4. The van der Waals surface area contributed by atoms with Gasteiger partial charge in [0.25, 0.3) is 0 Å². The van der Waals surface area contributed by atoms with Crippen molar-refractivity contribution in [3.63, 3.8) is 0 Å². The number of benzene rings is 1. The van der Waals surface area contributed by atoms with Gasteiger partial charge in [-0.05, 0) is 25.3 Å². The first-order chi connectivity index (χ1) is 13.6. The first-order valence-electron chi connectivity index (χ1n) is 9.75. The van der Waals surface area contributed by atoms with Crippen LogP contribution in [-0.2, 0) is 13.1 Å². The molecule has 7 heteroatoms. The van der Waals surface area contributed by atoms with Gasteiger partial charge < -0.3 is 5.32 Å². The van der Waals surface area contributed by atoms with E-state index < -0.39 is 0 Å². The number of anilines is 1. The van der Waals surface area contributed by atoms with Gasteiger partial charge in [0.15, 0.2) is 0 Å². The Bertz CT molecular complexity index is 895. The zero-order valence-corrected chi connectivity index (χ0v) is 16.7. The molecule has 7 nitrogen and oxygen atoms in total. The molecular weight excluding hydrogens is 352 g/mol. The van der Waals surface area contributed by atoms with E-state index >= 15 is 0 Å². The fourth-order valence-corrected chi connectivity index (χ4v) is 3.22. The van der Waals surface area contributed by atoms with Gasteiger partial charge in [-0.3, -0.25) is 10.00 Å². The Hall–Kier alpha value is -3.09. The summed E-state index contributed by atoms with van der Waals surface area (Å²) in [5.74, 6) is 0.725. The van der Waals surface area contributed by atoms with Crippen molar-refractivity contribution in [3.8, 4) is 0 Å². The summed E-state index contributed by atoms with van der Waals surface area (Å²) >= 11 is 0. The van der Waals surface area contributed by atoms with Crippen molar-refractivity contribution >= 4 is 11.8 Å². The van der Waals surface area contributed by atoms with E-state index in [9.17, 15) is 4.79 Å². The second-order valence-electron chi connectivity index (χ2n) is 6.93. The summed E-state index contributed by atoms with van der Waals surface area (Å²) in [5, 5.41) is 14.7. The molecule has 0 saturated carbocycles. The smallest absolute Gasteiger partial charge is 0.320 e. The monoisotopic (exact) mass is 380 g/mol. The first-order valence-corrected chi connectivity index (χ1v) is 9.75. The summed E-state index contributed by atoms with van der Waals surface area (Å²) in [6.07, 6.45) is 5.66. The number of carbonyl (C=O) groups is 1. The van der Waals surface area contributed by atoms with Crippen LogP contribution in [0, 0.1) is 6.92 Å². The van der Waals surface area contributed by atoms with Crippen LogP contribution in [0.3, 0.4) is 0 Å². The highest BCUT2D eigenvalue weighted by Gasteiger charge is 2.15. The van der Waals surface area contributed by atoms with Crippen molar-refractivity contribution in [1.82, 2.24) is 24.9 Å². The van der Waals surface area contributed by atoms with E-state index in [2.05, 4.69) is 46.8 Å². The number of rotatable bonds is 8. The Kier molecular flexibility index (Phi) is 6.47. The molecule has 2 heterocycles. The lowest BCUT2D eigenvalue weighted by Gasteiger charge is -2.17. The van der Waals surface area contributed by atoms with Crippen molar-refractivity contribution in [3.05, 3.63) is 65.6 Å². The summed E-state index contributed by atoms with van der Waals surface area (Å²) in [6.45, 7) is 7.31. The molecule has 3 rings (SSSR count). The van der Waals surface area contributed by atoms with Crippen LogP contribution in [0.25, 0.3) is 0 Å². The zero-order valence-electron chi connectivity index (χ0n) is 16.7. The van der Waals surface area contributed by atoms with Crippen LogP contribution < -0.4 is 10.6 Å². The molecule has 0 saturated heterocycles. The minimum Gasteiger partial charge on any atom is -0.334 e. The number of nitrogens with one attached hydrogen (secondary N) is 2. The van der Waals surface area contributed by atoms with Crippen LogP contribution in [0.4, 0.5) is 10.6 Å². The summed E-state index contributed by atoms with van der Waals surface area (Å²) in [4.78, 5) is 12.4. The number of nitrogens with zero attached hydrogens (tertiary/aromatic N) is 4.